The van der Waals surface area contributed by atoms with E-state index < -0.39 is 51.5 Å². The molecule has 0 radical (unpaired) electrons. The van der Waals surface area contributed by atoms with Gasteiger partial charge >= 0.3 is 47.3 Å². The molecule has 0 aromatic heterocycles. The van der Waals surface area contributed by atoms with E-state index in [4.69, 9.17) is 44.4 Å². The maximum absolute atomic E-state index is 11.2. The van der Waals surface area contributed by atoms with Crippen LogP contribution in [0.15, 0.2) is 5.34 Å². The molecule has 0 aliphatic carbocycles. The van der Waals surface area contributed by atoms with Gasteiger partial charge in [-0.15, -0.1) is 5.34 Å². The molecular weight excluding hydrogens is 572 g/mol. The van der Waals surface area contributed by atoms with Crippen LogP contribution < -0.4 is 0 Å². The third-order valence-corrected chi connectivity index (χ3v) is 3.15. The molecule has 0 heterocycles. The Bertz CT molecular complexity index is 402. The van der Waals surface area contributed by atoms with Gasteiger partial charge in [0.05, 0.1) is 6.61 Å². The van der Waals surface area contributed by atoms with E-state index in [0.717, 1.165) is 19.2 Å². The number of nitrogens with zero attached hydrogens (tertiary/aromatic N) is 1. The third-order valence-electron chi connectivity index (χ3n) is 3.15. The van der Waals surface area contributed by atoms with Gasteiger partial charge < -0.3 is 37.7 Å². The average molecular weight is 594 g/mol. The Balaban J connectivity index is -0.000000145. The van der Waals surface area contributed by atoms with E-state index >= 15 is 0 Å². The van der Waals surface area contributed by atoms with Crippen LogP contribution in [0, 0.1) is 20.9 Å². The number of aliphatic carboxylic acids is 2. The molecule has 0 aliphatic heterocycles. The average Bonchev–Trinajstić information content (AvgIpc) is 2.38. The van der Waals surface area contributed by atoms with Crippen LogP contribution in [-0.4, -0.2) is 44.7 Å². The summed E-state index contributed by atoms with van der Waals surface area (Å²) in [6, 6.07) is 0. The van der Waals surface area contributed by atoms with Crippen molar-refractivity contribution in [3.05, 3.63) is 22.4 Å². The Labute approximate surface area is 160 Å². The van der Waals surface area contributed by atoms with Gasteiger partial charge in [0.2, 0.25) is 0 Å². The van der Waals surface area contributed by atoms with Crippen LogP contribution in [-0.2, 0) is 31.0 Å². The van der Waals surface area contributed by atoms with Gasteiger partial charge in [0.1, 0.15) is 5.41 Å². The second kappa shape index (κ2) is 15.6. The summed E-state index contributed by atoms with van der Waals surface area (Å²) < 4.78 is 0. The Morgan fingerprint density at radius 3 is 1.56 bits per heavy atom. The van der Waals surface area contributed by atoms with Gasteiger partial charge in [-0.1, -0.05) is 13.8 Å². The van der Waals surface area contributed by atoms with Crippen molar-refractivity contribution in [2.75, 3.05) is 6.61 Å². The van der Waals surface area contributed by atoms with Crippen molar-refractivity contribution in [2.24, 2.45) is 16.2 Å². The first-order valence-corrected chi connectivity index (χ1v) is 11.1. The van der Waals surface area contributed by atoms with Gasteiger partial charge in [0, 0.05) is 5.41 Å². The summed E-state index contributed by atoms with van der Waals surface area (Å²) >= 11 is -0.472. The summed E-state index contributed by atoms with van der Waals surface area (Å²) in [4.78, 5) is 34.2. The summed E-state index contributed by atoms with van der Waals surface area (Å²) in [5.74, 6) is -3.15. The molecule has 0 aromatic carbocycles. The number of carbonyl (C=O) groups is 2. The number of carboxylic acids is 2. The van der Waals surface area contributed by atoms with Gasteiger partial charge in [0.15, 0.2) is 5.60 Å². The van der Waals surface area contributed by atoms with Crippen LogP contribution in [0.4, 0.5) is 0 Å². The maximum Gasteiger partial charge on any atom is -0.693 e. The number of aliphatic hydroxyl groups is 1. The Hall–Kier alpha value is -0.592. The van der Waals surface area contributed by atoms with Gasteiger partial charge in [-0.2, -0.15) is 0 Å². The summed E-state index contributed by atoms with van der Waals surface area (Å²) in [5.41, 5.74) is -6.06. The second-order valence-corrected chi connectivity index (χ2v) is 8.51. The van der Waals surface area contributed by atoms with Crippen molar-refractivity contribution >= 4 is 30.8 Å². The standard InChI is InChI=1S/C10H18O7.2ClH.HNO2.2H2N.Pt/c1-8(2,5-17-16)10(15,7(13)14)9(3,4)6(11)12;;;2-1-3;;;/h15-16H,5H2,1-4H3,(H,11,12)(H,13,14);2*1H;(H,2,3);2*1H2;/q;;;;2*-1;+4/p-3. The topological polar surface area (TPSA) is 244 Å². The van der Waals surface area contributed by atoms with E-state index in [2.05, 4.69) is 4.89 Å². The molecule has 8 N–H and O–H groups in total. The van der Waals surface area contributed by atoms with E-state index in [9.17, 15) is 14.7 Å². The molecule has 1 atom stereocenters. The summed E-state index contributed by atoms with van der Waals surface area (Å²) in [6.45, 7) is 4.27. The van der Waals surface area contributed by atoms with E-state index in [1.165, 1.54) is 13.8 Å². The Kier molecular flexibility index (Phi) is 22.2. The van der Waals surface area contributed by atoms with Gasteiger partial charge in [-0.3, -0.25) is 10.1 Å². The number of hydrogen-bond acceptors (Lipinski definition) is 8. The van der Waals surface area contributed by atoms with Crippen molar-refractivity contribution in [3.8, 4) is 0 Å². The predicted octanol–water partition coefficient (Wildman–Crippen LogP) is 3.49. The van der Waals surface area contributed by atoms with E-state index in [1.54, 1.807) is 0 Å². The normalized spacial score (nSPS) is 12.5. The smallest absolute Gasteiger partial charge is 0.693 e. The van der Waals surface area contributed by atoms with Crippen molar-refractivity contribution in [2.45, 2.75) is 33.3 Å². The fourth-order valence-electron chi connectivity index (χ4n) is 1.82. The molecule has 0 saturated heterocycles. The number of halogens is 2. The van der Waals surface area contributed by atoms with Crippen molar-refractivity contribution in [1.82, 2.24) is 0 Å². The monoisotopic (exact) mass is 593 g/mol. The summed E-state index contributed by atoms with van der Waals surface area (Å²) in [7, 11) is 9.75. The number of nitrogens with two attached hydrogens (primary N) is 2. The fraction of sp³-hybridized carbons (Fsp3) is 0.800. The molecule has 0 aromatic rings. The molecular formula is C10H22Cl2N3O9Pt-. The molecule has 12 nitrogen and oxygen atoms in total. The molecule has 156 valence electrons. The van der Waals surface area contributed by atoms with Crippen LogP contribution in [0.25, 0.3) is 12.3 Å². The van der Waals surface area contributed by atoms with Crippen LogP contribution in [0.5, 0.6) is 0 Å². The van der Waals surface area contributed by atoms with Crippen LogP contribution in [0.3, 0.4) is 0 Å². The summed E-state index contributed by atoms with van der Waals surface area (Å²) in [5, 5.41) is 45.8. The number of hydrogen-bond donors (Lipinski definition) is 4. The van der Waals surface area contributed by atoms with Crippen LogP contribution in [0.1, 0.15) is 27.7 Å². The zero-order valence-corrected chi connectivity index (χ0v) is 17.5. The predicted molar refractivity (Wildman–Crippen MR) is 87.8 cm³/mol. The number of rotatable bonds is 6. The SMILES string of the molecule is CC(C)(COO)C(O)(C(=O)O)C(C)(C)C(=O)O.O=N[O-].[Cl][Pt+2][Cl].[NH2-].[NH2-]. The first-order chi connectivity index (χ1) is 10.3. The minimum Gasteiger partial charge on any atom is -0.693 e. The molecule has 25 heavy (non-hydrogen) atoms. The van der Waals surface area contributed by atoms with Crippen LogP contribution in [0.2, 0.25) is 0 Å². The summed E-state index contributed by atoms with van der Waals surface area (Å²) in [6.07, 6.45) is 0. The minimum absolute atomic E-state index is 0. The quantitative estimate of drug-likeness (QED) is 0.199. The third kappa shape index (κ3) is 9.61. The zero-order chi connectivity index (χ0) is 19.5. The first-order valence-electron chi connectivity index (χ1n) is 5.51. The first kappa shape index (κ1) is 35.5. The van der Waals surface area contributed by atoms with E-state index in [-0.39, 0.29) is 12.3 Å². The molecule has 0 saturated carbocycles. The van der Waals surface area contributed by atoms with Crippen molar-refractivity contribution < 1.29 is 51.5 Å². The van der Waals surface area contributed by atoms with Gasteiger partial charge in [-0.05, 0) is 13.8 Å². The second-order valence-electron chi connectivity index (χ2n) is 5.22. The van der Waals surface area contributed by atoms with Gasteiger partial charge in [0.25, 0.3) is 0 Å². The largest absolute Gasteiger partial charge is 0.693 e. The zero-order valence-electron chi connectivity index (χ0n) is 13.7. The molecule has 1 unspecified atom stereocenters. The maximum atomic E-state index is 11.2. The van der Waals surface area contributed by atoms with Crippen molar-refractivity contribution in [1.29, 1.82) is 0 Å². The van der Waals surface area contributed by atoms with E-state index in [0.29, 0.717) is 0 Å². The molecule has 0 aliphatic rings. The molecule has 0 spiro atoms. The molecule has 0 rings (SSSR count). The van der Waals surface area contributed by atoms with E-state index in [1.807, 2.05) is 0 Å². The molecule has 15 heteroatoms. The molecule has 0 bridgehead atoms. The Morgan fingerprint density at radius 1 is 1.12 bits per heavy atom. The minimum atomic E-state index is -2.60. The van der Waals surface area contributed by atoms with Gasteiger partial charge in [-0.25, -0.2) is 9.68 Å². The molecule has 0 fully saturated rings. The van der Waals surface area contributed by atoms with Crippen molar-refractivity contribution in [3.63, 3.8) is 0 Å². The Morgan fingerprint density at radius 2 is 1.40 bits per heavy atom. The van der Waals surface area contributed by atoms with Crippen LogP contribution >= 0.6 is 18.8 Å². The number of carboxylic acid groups (broad SMARTS) is 2. The molecule has 0 amide bonds. The fourth-order valence-corrected chi connectivity index (χ4v) is 1.82.